The topological polar surface area (TPSA) is 64.8 Å². The predicted octanol–water partition coefficient (Wildman–Crippen LogP) is 2.25. The number of ether oxygens (including phenoxy) is 2. The van der Waals surface area contributed by atoms with Gasteiger partial charge >= 0.3 is 0 Å². The van der Waals surface area contributed by atoms with E-state index in [1.807, 2.05) is 30.3 Å². The van der Waals surface area contributed by atoms with Crippen molar-refractivity contribution in [3.63, 3.8) is 0 Å². The van der Waals surface area contributed by atoms with E-state index in [9.17, 15) is 4.79 Å². The minimum absolute atomic E-state index is 0.152. The maximum absolute atomic E-state index is 12.7. The minimum atomic E-state index is -0.638. The number of fused-ring (bicyclic) bond motifs is 1. The van der Waals surface area contributed by atoms with E-state index >= 15 is 0 Å². The lowest BCUT2D eigenvalue weighted by molar-refractivity contribution is -0.126. The van der Waals surface area contributed by atoms with Crippen molar-refractivity contribution in [1.29, 1.82) is 0 Å². The number of carbonyl (C=O) groups excluding carboxylic acids is 1. The lowest BCUT2D eigenvalue weighted by Gasteiger charge is -2.33. The summed E-state index contributed by atoms with van der Waals surface area (Å²) in [6.45, 7) is 0.209. The smallest absolute Gasteiger partial charge is 0.269 e. The molecule has 0 saturated heterocycles. The number of methoxy groups -OCH3 is 1. The van der Waals surface area contributed by atoms with Gasteiger partial charge in [-0.05, 0) is 29.8 Å². The van der Waals surface area contributed by atoms with Gasteiger partial charge in [-0.3, -0.25) is 9.69 Å². The van der Waals surface area contributed by atoms with Gasteiger partial charge in [0.05, 0.1) is 25.0 Å². The zero-order valence-electron chi connectivity index (χ0n) is 13.4. The molecular formula is C19H18N2O3. The molecule has 1 unspecified atom stereocenters. The maximum atomic E-state index is 12.7. The molecule has 5 heteroatoms. The number of rotatable bonds is 4. The second kappa shape index (κ2) is 6.55. The molecule has 2 aromatic rings. The Kier molecular flexibility index (Phi) is 4.30. The summed E-state index contributed by atoms with van der Waals surface area (Å²) in [7, 11) is 1.56. The van der Waals surface area contributed by atoms with Crippen LogP contribution in [0.2, 0.25) is 0 Å². The van der Waals surface area contributed by atoms with Gasteiger partial charge in [-0.2, -0.15) is 0 Å². The van der Waals surface area contributed by atoms with E-state index in [0.717, 1.165) is 5.56 Å². The molecule has 1 atom stereocenters. The van der Waals surface area contributed by atoms with E-state index < -0.39 is 6.10 Å². The number of terminal acetylenes is 1. The van der Waals surface area contributed by atoms with Crippen LogP contribution in [0.15, 0.2) is 42.5 Å². The summed E-state index contributed by atoms with van der Waals surface area (Å²) in [5.41, 5.74) is 8.06. The van der Waals surface area contributed by atoms with Crippen molar-refractivity contribution in [2.45, 2.75) is 12.5 Å². The van der Waals surface area contributed by atoms with Gasteiger partial charge in [-0.1, -0.05) is 24.1 Å². The molecule has 2 N–H and O–H groups in total. The number of carbonyl (C=O) groups is 1. The third kappa shape index (κ3) is 2.86. The zero-order valence-corrected chi connectivity index (χ0v) is 13.4. The van der Waals surface area contributed by atoms with Gasteiger partial charge < -0.3 is 15.2 Å². The molecule has 0 saturated carbocycles. The first-order chi connectivity index (χ1) is 11.6. The first-order valence-electron chi connectivity index (χ1n) is 7.57. The largest absolute Gasteiger partial charge is 0.495 e. The molecule has 1 aliphatic rings. The van der Waals surface area contributed by atoms with E-state index in [1.165, 1.54) is 0 Å². The Labute approximate surface area is 141 Å². The molecule has 0 bridgehead atoms. The van der Waals surface area contributed by atoms with Crippen LogP contribution >= 0.6 is 0 Å². The third-order valence-electron chi connectivity index (χ3n) is 3.93. The summed E-state index contributed by atoms with van der Waals surface area (Å²) >= 11 is 0. The molecule has 1 amide bonds. The number of hydrogen-bond donors (Lipinski definition) is 1. The van der Waals surface area contributed by atoms with E-state index in [0.29, 0.717) is 29.3 Å². The monoisotopic (exact) mass is 322 g/mol. The summed E-state index contributed by atoms with van der Waals surface area (Å²) in [5.74, 6) is 3.64. The van der Waals surface area contributed by atoms with Gasteiger partial charge in [0.25, 0.3) is 5.91 Å². The van der Waals surface area contributed by atoms with Crippen LogP contribution in [0.4, 0.5) is 11.4 Å². The number of anilines is 2. The van der Waals surface area contributed by atoms with Gasteiger partial charge in [-0.25, -0.2) is 0 Å². The highest BCUT2D eigenvalue weighted by molar-refractivity contribution is 6.00. The fraction of sp³-hybridized carbons (Fsp3) is 0.211. The van der Waals surface area contributed by atoms with Crippen LogP contribution in [-0.2, 0) is 11.2 Å². The van der Waals surface area contributed by atoms with Gasteiger partial charge in [-0.15, -0.1) is 6.42 Å². The zero-order chi connectivity index (χ0) is 17.1. The molecular weight excluding hydrogens is 304 g/mol. The second-order valence-corrected chi connectivity index (χ2v) is 5.48. The first-order valence-corrected chi connectivity index (χ1v) is 7.57. The Balaban J connectivity index is 1.88. The molecule has 0 spiro atoms. The first kappa shape index (κ1) is 15.8. The maximum Gasteiger partial charge on any atom is 0.269 e. The van der Waals surface area contributed by atoms with Crippen LogP contribution in [0.25, 0.3) is 0 Å². The number of amides is 1. The Morgan fingerprint density at radius 3 is 2.83 bits per heavy atom. The molecule has 2 aromatic carbocycles. The highest BCUT2D eigenvalue weighted by Gasteiger charge is 2.33. The summed E-state index contributed by atoms with van der Waals surface area (Å²) in [4.78, 5) is 14.3. The number of nitrogens with two attached hydrogens (primary N) is 1. The molecule has 0 aromatic heterocycles. The second-order valence-electron chi connectivity index (χ2n) is 5.48. The van der Waals surface area contributed by atoms with E-state index in [2.05, 4.69) is 5.92 Å². The molecule has 24 heavy (non-hydrogen) atoms. The van der Waals surface area contributed by atoms with Crippen molar-refractivity contribution in [3.8, 4) is 23.8 Å². The Morgan fingerprint density at radius 1 is 1.33 bits per heavy atom. The molecule has 0 radical (unpaired) electrons. The van der Waals surface area contributed by atoms with Crippen LogP contribution in [0.1, 0.15) is 5.56 Å². The number of nitrogen functional groups attached to an aromatic ring is 1. The van der Waals surface area contributed by atoms with Crippen molar-refractivity contribution in [2.75, 3.05) is 24.3 Å². The van der Waals surface area contributed by atoms with Crippen molar-refractivity contribution in [2.24, 2.45) is 0 Å². The summed E-state index contributed by atoms with van der Waals surface area (Å²) in [6.07, 6.45) is 5.18. The highest BCUT2D eigenvalue weighted by Crippen LogP contribution is 2.34. The molecule has 0 fully saturated rings. The quantitative estimate of drug-likeness (QED) is 0.693. The Hall–Kier alpha value is -3.13. The van der Waals surface area contributed by atoms with Crippen molar-refractivity contribution in [1.82, 2.24) is 0 Å². The van der Waals surface area contributed by atoms with Crippen molar-refractivity contribution < 1.29 is 14.3 Å². The van der Waals surface area contributed by atoms with Crippen LogP contribution < -0.4 is 20.1 Å². The average Bonchev–Trinajstić information content (AvgIpc) is 2.59. The van der Waals surface area contributed by atoms with Crippen molar-refractivity contribution in [3.05, 3.63) is 48.0 Å². The van der Waals surface area contributed by atoms with Gasteiger partial charge in [0.1, 0.15) is 11.5 Å². The van der Waals surface area contributed by atoms with Crippen molar-refractivity contribution >= 4 is 17.3 Å². The average molecular weight is 322 g/mol. The predicted molar refractivity (Wildman–Crippen MR) is 93.2 cm³/mol. The lowest BCUT2D eigenvalue weighted by Crippen LogP contribution is -2.47. The number of nitrogens with zero attached hydrogens (tertiary/aromatic N) is 1. The molecule has 3 rings (SSSR count). The molecule has 1 heterocycles. The Bertz CT molecular complexity index is 810. The third-order valence-corrected chi connectivity index (χ3v) is 3.93. The SMILES string of the molecule is C#CCN1C(=O)C(Cc2ccc(OC)c(N)c2)Oc2ccccc21. The summed E-state index contributed by atoms with van der Waals surface area (Å²) in [5, 5.41) is 0. The number of benzene rings is 2. The van der Waals surface area contributed by atoms with Crippen LogP contribution in [0.5, 0.6) is 11.5 Å². The minimum Gasteiger partial charge on any atom is -0.495 e. The summed E-state index contributed by atoms with van der Waals surface area (Å²) < 4.78 is 11.0. The van der Waals surface area contributed by atoms with Crippen LogP contribution in [0, 0.1) is 12.3 Å². The fourth-order valence-corrected chi connectivity index (χ4v) is 2.78. The fourth-order valence-electron chi connectivity index (χ4n) is 2.78. The summed E-state index contributed by atoms with van der Waals surface area (Å²) in [6, 6.07) is 12.8. The van der Waals surface area contributed by atoms with E-state index in [4.69, 9.17) is 21.6 Å². The number of hydrogen-bond acceptors (Lipinski definition) is 4. The number of para-hydroxylation sites is 2. The molecule has 0 aliphatic carbocycles. The normalized spacial score (nSPS) is 16.1. The van der Waals surface area contributed by atoms with Gasteiger partial charge in [0.15, 0.2) is 6.10 Å². The van der Waals surface area contributed by atoms with E-state index in [-0.39, 0.29) is 12.5 Å². The Morgan fingerprint density at radius 2 is 2.12 bits per heavy atom. The van der Waals surface area contributed by atoms with Gasteiger partial charge in [0.2, 0.25) is 0 Å². The lowest BCUT2D eigenvalue weighted by atomic mass is 10.0. The van der Waals surface area contributed by atoms with Gasteiger partial charge in [0, 0.05) is 6.42 Å². The molecule has 1 aliphatic heterocycles. The van der Waals surface area contributed by atoms with Crippen LogP contribution in [-0.4, -0.2) is 25.7 Å². The molecule has 122 valence electrons. The van der Waals surface area contributed by atoms with E-state index in [1.54, 1.807) is 24.1 Å². The molecule has 5 nitrogen and oxygen atoms in total. The van der Waals surface area contributed by atoms with Crippen LogP contribution in [0.3, 0.4) is 0 Å². The standard InChI is InChI=1S/C19H18N2O3/c1-3-10-21-15-6-4-5-7-17(15)24-18(19(21)22)12-13-8-9-16(23-2)14(20)11-13/h1,4-9,11,18H,10,12,20H2,2H3. The highest BCUT2D eigenvalue weighted by atomic mass is 16.5.